The van der Waals surface area contributed by atoms with Crippen LogP contribution in [0.15, 0.2) is 17.3 Å². The highest BCUT2D eigenvalue weighted by Crippen LogP contribution is 2.21. The Morgan fingerprint density at radius 3 is 2.81 bits per heavy atom. The standard InChI is InChI=1S/C9H15N3O3S/c1-11-9(3-5-10-11)16(13,14)12-6-4-8(7-12)15-2/h3,5,8H,4,6-7H2,1-2H3/t8-/m0/s1. The Morgan fingerprint density at radius 2 is 2.31 bits per heavy atom. The zero-order chi connectivity index (χ0) is 11.8. The van der Waals surface area contributed by atoms with Crippen LogP contribution in [-0.2, 0) is 21.8 Å². The van der Waals surface area contributed by atoms with Crippen LogP contribution in [0.3, 0.4) is 0 Å². The van der Waals surface area contributed by atoms with Gasteiger partial charge in [0.15, 0.2) is 5.03 Å². The van der Waals surface area contributed by atoms with Crippen LogP contribution < -0.4 is 0 Å². The molecule has 1 aromatic heterocycles. The third-order valence-corrected chi connectivity index (χ3v) is 4.76. The SMILES string of the molecule is CO[C@H]1CCN(S(=O)(=O)c2ccnn2C)C1. The Balaban J connectivity index is 2.25. The molecule has 2 heterocycles. The first-order valence-electron chi connectivity index (χ1n) is 5.06. The summed E-state index contributed by atoms with van der Waals surface area (Å²) in [5.41, 5.74) is 0. The molecule has 1 saturated heterocycles. The van der Waals surface area contributed by atoms with Crippen molar-refractivity contribution < 1.29 is 13.2 Å². The van der Waals surface area contributed by atoms with Crippen LogP contribution in [0.25, 0.3) is 0 Å². The molecule has 2 rings (SSSR count). The number of hydrogen-bond acceptors (Lipinski definition) is 4. The van der Waals surface area contributed by atoms with Crippen LogP contribution in [0.4, 0.5) is 0 Å². The minimum atomic E-state index is -3.42. The molecule has 0 bridgehead atoms. The Morgan fingerprint density at radius 1 is 1.56 bits per heavy atom. The molecule has 6 nitrogen and oxygen atoms in total. The molecule has 16 heavy (non-hydrogen) atoms. The lowest BCUT2D eigenvalue weighted by atomic mass is 10.3. The molecule has 1 aliphatic heterocycles. The van der Waals surface area contributed by atoms with Crippen LogP contribution in [0.5, 0.6) is 0 Å². The van der Waals surface area contributed by atoms with Gasteiger partial charge in [-0.15, -0.1) is 0 Å². The average molecular weight is 245 g/mol. The van der Waals surface area contributed by atoms with E-state index in [0.29, 0.717) is 13.1 Å². The summed E-state index contributed by atoms with van der Waals surface area (Å²) in [6.45, 7) is 0.927. The lowest BCUT2D eigenvalue weighted by molar-refractivity contribution is 0.115. The highest BCUT2D eigenvalue weighted by Gasteiger charge is 2.33. The molecule has 0 amide bonds. The van der Waals surface area contributed by atoms with Gasteiger partial charge in [-0.05, 0) is 12.5 Å². The number of aryl methyl sites for hydroxylation is 1. The lowest BCUT2D eigenvalue weighted by Crippen LogP contribution is -2.31. The van der Waals surface area contributed by atoms with Crippen molar-refractivity contribution in [3.63, 3.8) is 0 Å². The first kappa shape index (κ1) is 11.6. The second-order valence-electron chi connectivity index (χ2n) is 3.80. The van der Waals surface area contributed by atoms with Gasteiger partial charge in [0.1, 0.15) is 0 Å². The van der Waals surface area contributed by atoms with Gasteiger partial charge in [-0.25, -0.2) is 8.42 Å². The van der Waals surface area contributed by atoms with Crippen molar-refractivity contribution in [3.05, 3.63) is 12.3 Å². The van der Waals surface area contributed by atoms with E-state index in [0.717, 1.165) is 6.42 Å². The number of sulfonamides is 1. The van der Waals surface area contributed by atoms with E-state index in [1.54, 1.807) is 14.2 Å². The quantitative estimate of drug-likeness (QED) is 0.741. The number of nitrogens with zero attached hydrogens (tertiary/aromatic N) is 3. The molecule has 0 N–H and O–H groups in total. The van der Waals surface area contributed by atoms with Crippen molar-refractivity contribution in [1.82, 2.24) is 14.1 Å². The molecule has 0 saturated carbocycles. The fraction of sp³-hybridized carbons (Fsp3) is 0.667. The average Bonchev–Trinajstić information content (AvgIpc) is 2.85. The topological polar surface area (TPSA) is 64.4 Å². The molecule has 1 aliphatic rings. The summed E-state index contributed by atoms with van der Waals surface area (Å²) in [7, 11) is -0.191. The third-order valence-electron chi connectivity index (χ3n) is 2.82. The van der Waals surface area contributed by atoms with Crippen LogP contribution in [0.1, 0.15) is 6.42 Å². The Bertz CT molecular complexity index is 468. The largest absolute Gasteiger partial charge is 0.380 e. The Kier molecular flexibility index (Phi) is 3.00. The lowest BCUT2D eigenvalue weighted by Gasteiger charge is -2.15. The van der Waals surface area contributed by atoms with Gasteiger partial charge in [0.05, 0.1) is 12.3 Å². The van der Waals surface area contributed by atoms with Gasteiger partial charge in [0.2, 0.25) is 0 Å². The fourth-order valence-electron chi connectivity index (χ4n) is 1.86. The Hall–Kier alpha value is -0.920. The molecule has 90 valence electrons. The molecule has 1 aromatic rings. The maximum atomic E-state index is 12.2. The Labute approximate surface area is 94.9 Å². The van der Waals surface area contributed by atoms with E-state index in [9.17, 15) is 8.42 Å². The summed E-state index contributed by atoms with van der Waals surface area (Å²) in [6.07, 6.45) is 2.23. The molecule has 0 unspecified atom stereocenters. The summed E-state index contributed by atoms with van der Waals surface area (Å²) < 4.78 is 32.3. The van der Waals surface area contributed by atoms with Crippen molar-refractivity contribution in [1.29, 1.82) is 0 Å². The summed E-state index contributed by atoms with van der Waals surface area (Å²) in [5.74, 6) is 0. The number of ether oxygens (including phenoxy) is 1. The summed E-state index contributed by atoms with van der Waals surface area (Å²) >= 11 is 0. The van der Waals surface area contributed by atoms with E-state index < -0.39 is 10.0 Å². The van der Waals surface area contributed by atoms with Gasteiger partial charge in [-0.1, -0.05) is 0 Å². The predicted octanol–water partition coefficient (Wildman–Crippen LogP) is -0.170. The first-order chi connectivity index (χ1) is 7.55. The van der Waals surface area contributed by atoms with Gasteiger partial charge in [0.25, 0.3) is 10.0 Å². The normalized spacial score (nSPS) is 22.8. The smallest absolute Gasteiger partial charge is 0.260 e. The molecule has 0 aliphatic carbocycles. The molecular weight excluding hydrogens is 230 g/mol. The van der Waals surface area contributed by atoms with E-state index in [1.165, 1.54) is 21.3 Å². The van der Waals surface area contributed by atoms with E-state index in [-0.39, 0.29) is 11.1 Å². The highest BCUT2D eigenvalue weighted by molar-refractivity contribution is 7.89. The van der Waals surface area contributed by atoms with E-state index in [1.807, 2.05) is 0 Å². The second-order valence-corrected chi connectivity index (χ2v) is 5.69. The molecule has 0 radical (unpaired) electrons. The van der Waals surface area contributed by atoms with E-state index in [4.69, 9.17) is 4.74 Å². The summed E-state index contributed by atoms with van der Waals surface area (Å²) in [6, 6.07) is 1.51. The van der Waals surface area contributed by atoms with E-state index >= 15 is 0 Å². The zero-order valence-corrected chi connectivity index (χ0v) is 10.1. The third kappa shape index (κ3) is 1.85. The van der Waals surface area contributed by atoms with Crippen LogP contribution in [0, 0.1) is 0 Å². The van der Waals surface area contributed by atoms with Crippen molar-refractivity contribution in [3.8, 4) is 0 Å². The van der Waals surface area contributed by atoms with Gasteiger partial charge in [0, 0.05) is 27.2 Å². The van der Waals surface area contributed by atoms with Crippen LogP contribution >= 0.6 is 0 Å². The first-order valence-corrected chi connectivity index (χ1v) is 6.50. The van der Waals surface area contributed by atoms with Gasteiger partial charge >= 0.3 is 0 Å². The van der Waals surface area contributed by atoms with Gasteiger partial charge < -0.3 is 4.74 Å². The zero-order valence-electron chi connectivity index (χ0n) is 9.33. The van der Waals surface area contributed by atoms with Crippen molar-refractivity contribution in [2.24, 2.45) is 7.05 Å². The molecule has 0 aromatic carbocycles. The van der Waals surface area contributed by atoms with Gasteiger partial charge in [-0.2, -0.15) is 9.40 Å². The highest BCUT2D eigenvalue weighted by atomic mass is 32.2. The maximum Gasteiger partial charge on any atom is 0.260 e. The van der Waals surface area contributed by atoms with Crippen molar-refractivity contribution in [2.75, 3.05) is 20.2 Å². The number of rotatable bonds is 3. The van der Waals surface area contributed by atoms with Gasteiger partial charge in [-0.3, -0.25) is 4.68 Å². The van der Waals surface area contributed by atoms with Crippen LogP contribution in [0.2, 0.25) is 0 Å². The van der Waals surface area contributed by atoms with Crippen molar-refractivity contribution >= 4 is 10.0 Å². The minimum Gasteiger partial charge on any atom is -0.380 e. The van der Waals surface area contributed by atoms with E-state index in [2.05, 4.69) is 5.10 Å². The number of hydrogen-bond donors (Lipinski definition) is 0. The number of methoxy groups -OCH3 is 1. The predicted molar refractivity (Wildman–Crippen MR) is 57.4 cm³/mol. The summed E-state index contributed by atoms with van der Waals surface area (Å²) in [4.78, 5) is 0. The molecule has 1 atom stereocenters. The monoisotopic (exact) mass is 245 g/mol. The van der Waals surface area contributed by atoms with Crippen molar-refractivity contribution in [2.45, 2.75) is 17.6 Å². The number of aromatic nitrogens is 2. The fourth-order valence-corrected chi connectivity index (χ4v) is 3.44. The molecule has 7 heteroatoms. The molecule has 0 spiro atoms. The maximum absolute atomic E-state index is 12.2. The van der Waals surface area contributed by atoms with Crippen LogP contribution in [-0.4, -0.2) is 48.8 Å². The molecular formula is C9H15N3O3S. The molecule has 1 fully saturated rings. The second kappa shape index (κ2) is 4.15. The minimum absolute atomic E-state index is 0.00278. The summed E-state index contributed by atoms with van der Waals surface area (Å²) in [5, 5.41) is 4.10.